The molecule has 1 saturated carbocycles. The molecule has 1 saturated heterocycles. The van der Waals surface area contributed by atoms with Crippen LogP contribution in [0.3, 0.4) is 0 Å². The SMILES string of the molecule is CCN(CC)CC(O)COc1ccc(CN2CCCCC23CC3)cc1OC. The highest BCUT2D eigenvalue weighted by molar-refractivity contribution is 5.43. The minimum atomic E-state index is -0.502. The van der Waals surface area contributed by atoms with Crippen molar-refractivity contribution >= 4 is 0 Å². The van der Waals surface area contributed by atoms with Crippen LogP contribution in [-0.4, -0.2) is 66.4 Å². The van der Waals surface area contributed by atoms with Crippen LogP contribution in [0.4, 0.5) is 0 Å². The minimum Gasteiger partial charge on any atom is -0.493 e. The third kappa shape index (κ3) is 5.15. The highest BCUT2D eigenvalue weighted by atomic mass is 16.5. The van der Waals surface area contributed by atoms with E-state index in [9.17, 15) is 5.11 Å². The molecule has 27 heavy (non-hydrogen) atoms. The first kappa shape index (κ1) is 20.4. The number of rotatable bonds is 10. The number of ether oxygens (including phenoxy) is 2. The molecule has 1 spiro atoms. The Kier molecular flexibility index (Phi) is 7.01. The van der Waals surface area contributed by atoms with Gasteiger partial charge >= 0.3 is 0 Å². The van der Waals surface area contributed by atoms with Gasteiger partial charge in [0.15, 0.2) is 11.5 Å². The number of likely N-dealkylation sites (N-methyl/N-ethyl adjacent to an activating group) is 1. The molecule has 1 heterocycles. The predicted octanol–water partition coefficient (Wildman–Crippen LogP) is 3.30. The highest BCUT2D eigenvalue weighted by Crippen LogP contribution is 2.49. The normalized spacial score (nSPS) is 20.0. The summed E-state index contributed by atoms with van der Waals surface area (Å²) in [7, 11) is 1.68. The van der Waals surface area contributed by atoms with E-state index in [1.807, 2.05) is 6.07 Å². The summed E-state index contributed by atoms with van der Waals surface area (Å²) in [4.78, 5) is 4.86. The van der Waals surface area contributed by atoms with Crippen molar-refractivity contribution in [1.82, 2.24) is 9.80 Å². The predicted molar refractivity (Wildman–Crippen MR) is 109 cm³/mol. The molecule has 1 unspecified atom stereocenters. The Bertz CT molecular complexity index is 599. The maximum atomic E-state index is 10.2. The maximum Gasteiger partial charge on any atom is 0.161 e. The van der Waals surface area contributed by atoms with Crippen molar-refractivity contribution in [2.45, 2.75) is 64.1 Å². The summed E-state index contributed by atoms with van der Waals surface area (Å²) < 4.78 is 11.4. The van der Waals surface area contributed by atoms with Crippen molar-refractivity contribution in [1.29, 1.82) is 0 Å². The molecule has 0 amide bonds. The van der Waals surface area contributed by atoms with Crippen LogP contribution in [0.15, 0.2) is 18.2 Å². The molecule has 5 nitrogen and oxygen atoms in total. The molecule has 0 bridgehead atoms. The van der Waals surface area contributed by atoms with Crippen LogP contribution < -0.4 is 9.47 Å². The molecule has 152 valence electrons. The van der Waals surface area contributed by atoms with E-state index in [0.717, 1.165) is 25.4 Å². The number of hydrogen-bond donors (Lipinski definition) is 1. The third-order valence-corrected chi connectivity index (χ3v) is 6.21. The standard InChI is InChI=1S/C22H36N2O3/c1-4-23(5-2)16-19(25)17-27-20-9-8-18(14-21(20)26-3)15-24-13-7-6-10-22(24)11-12-22/h8-9,14,19,25H,4-7,10-13,15-17H2,1-3H3. The first-order chi connectivity index (χ1) is 13.1. The number of hydrogen-bond acceptors (Lipinski definition) is 5. The minimum absolute atomic E-state index is 0.279. The zero-order chi connectivity index (χ0) is 19.3. The summed E-state index contributed by atoms with van der Waals surface area (Å²) in [6.07, 6.45) is 6.26. The monoisotopic (exact) mass is 376 g/mol. The van der Waals surface area contributed by atoms with Crippen LogP contribution in [0.5, 0.6) is 11.5 Å². The van der Waals surface area contributed by atoms with Crippen molar-refractivity contribution in [3.63, 3.8) is 0 Å². The fraction of sp³-hybridized carbons (Fsp3) is 0.727. The second kappa shape index (κ2) is 9.26. The Hall–Kier alpha value is -1.30. The van der Waals surface area contributed by atoms with Gasteiger partial charge in [0.25, 0.3) is 0 Å². The summed E-state index contributed by atoms with van der Waals surface area (Å²) in [5, 5.41) is 10.2. The average molecular weight is 377 g/mol. The molecular formula is C22H36N2O3. The first-order valence-corrected chi connectivity index (χ1v) is 10.6. The maximum absolute atomic E-state index is 10.2. The lowest BCUT2D eigenvalue weighted by atomic mass is 9.99. The fourth-order valence-electron chi connectivity index (χ4n) is 4.28. The van der Waals surface area contributed by atoms with Crippen LogP contribution in [0.25, 0.3) is 0 Å². The molecule has 5 heteroatoms. The molecule has 1 atom stereocenters. The van der Waals surface area contributed by atoms with Crippen molar-refractivity contribution in [2.24, 2.45) is 0 Å². The van der Waals surface area contributed by atoms with Crippen molar-refractivity contribution in [3.8, 4) is 11.5 Å². The van der Waals surface area contributed by atoms with Gasteiger partial charge < -0.3 is 19.5 Å². The molecule has 0 radical (unpaired) electrons. The number of aliphatic hydroxyl groups excluding tert-OH is 1. The van der Waals surface area contributed by atoms with Gasteiger partial charge in [0.1, 0.15) is 12.7 Å². The lowest BCUT2D eigenvalue weighted by molar-refractivity contribution is 0.0705. The molecule has 1 aromatic rings. The molecular weight excluding hydrogens is 340 g/mol. The second-order valence-electron chi connectivity index (χ2n) is 8.04. The molecule has 1 aliphatic carbocycles. The molecule has 2 fully saturated rings. The summed E-state index contributed by atoms with van der Waals surface area (Å²) in [6, 6.07) is 6.22. The number of benzene rings is 1. The number of piperidine rings is 1. The number of nitrogens with zero attached hydrogens (tertiary/aromatic N) is 2. The van der Waals surface area contributed by atoms with E-state index in [2.05, 4.69) is 35.8 Å². The van der Waals surface area contributed by atoms with E-state index in [-0.39, 0.29) is 6.61 Å². The van der Waals surface area contributed by atoms with Gasteiger partial charge in [-0.25, -0.2) is 0 Å². The van der Waals surface area contributed by atoms with Crippen molar-refractivity contribution in [3.05, 3.63) is 23.8 Å². The van der Waals surface area contributed by atoms with Gasteiger partial charge in [-0.2, -0.15) is 0 Å². The van der Waals surface area contributed by atoms with Gasteiger partial charge in [0.2, 0.25) is 0 Å². The molecule has 0 aromatic heterocycles. The van der Waals surface area contributed by atoms with Crippen LogP contribution in [0, 0.1) is 0 Å². The second-order valence-corrected chi connectivity index (χ2v) is 8.04. The molecule has 2 aliphatic rings. The highest BCUT2D eigenvalue weighted by Gasteiger charge is 2.48. The van der Waals surface area contributed by atoms with Crippen LogP contribution in [0.2, 0.25) is 0 Å². The third-order valence-electron chi connectivity index (χ3n) is 6.21. The lowest BCUT2D eigenvalue weighted by Crippen LogP contribution is -2.40. The van der Waals surface area contributed by atoms with Crippen LogP contribution in [0.1, 0.15) is 51.5 Å². The topological polar surface area (TPSA) is 45.2 Å². The Labute approximate surface area is 164 Å². The zero-order valence-corrected chi connectivity index (χ0v) is 17.2. The molecule has 1 aliphatic heterocycles. The Morgan fingerprint density at radius 3 is 2.59 bits per heavy atom. The summed E-state index contributed by atoms with van der Waals surface area (Å²) in [5.41, 5.74) is 1.77. The largest absolute Gasteiger partial charge is 0.493 e. The van der Waals surface area contributed by atoms with E-state index < -0.39 is 6.10 Å². The van der Waals surface area contributed by atoms with E-state index in [0.29, 0.717) is 17.8 Å². The van der Waals surface area contributed by atoms with E-state index in [4.69, 9.17) is 9.47 Å². The Balaban J connectivity index is 1.57. The molecule has 1 aromatic carbocycles. The van der Waals surface area contributed by atoms with Gasteiger partial charge in [0, 0.05) is 18.6 Å². The Morgan fingerprint density at radius 2 is 1.93 bits per heavy atom. The number of methoxy groups -OCH3 is 1. The first-order valence-electron chi connectivity index (χ1n) is 10.6. The Morgan fingerprint density at radius 1 is 1.15 bits per heavy atom. The number of likely N-dealkylation sites (tertiary alicyclic amines) is 1. The van der Waals surface area contributed by atoms with E-state index in [1.54, 1.807) is 7.11 Å². The summed E-state index contributed by atoms with van der Waals surface area (Å²) >= 11 is 0. The van der Waals surface area contributed by atoms with Gasteiger partial charge in [-0.3, -0.25) is 4.90 Å². The fourth-order valence-corrected chi connectivity index (χ4v) is 4.28. The quantitative estimate of drug-likeness (QED) is 0.679. The number of aliphatic hydroxyl groups is 1. The van der Waals surface area contributed by atoms with Crippen molar-refractivity contribution in [2.75, 3.05) is 39.9 Å². The summed E-state index contributed by atoms with van der Waals surface area (Å²) in [5.74, 6) is 1.46. The van der Waals surface area contributed by atoms with Crippen LogP contribution in [-0.2, 0) is 6.54 Å². The van der Waals surface area contributed by atoms with Gasteiger partial charge in [-0.15, -0.1) is 0 Å². The van der Waals surface area contributed by atoms with Gasteiger partial charge in [0.05, 0.1) is 7.11 Å². The van der Waals surface area contributed by atoms with Crippen LogP contribution >= 0.6 is 0 Å². The lowest BCUT2D eigenvalue weighted by Gasteiger charge is -2.36. The molecule has 1 N–H and O–H groups in total. The van der Waals surface area contributed by atoms with Crippen molar-refractivity contribution < 1.29 is 14.6 Å². The average Bonchev–Trinajstić information content (AvgIpc) is 3.46. The summed E-state index contributed by atoms with van der Waals surface area (Å²) in [6.45, 7) is 9.18. The van der Waals surface area contributed by atoms with E-state index in [1.165, 1.54) is 44.2 Å². The smallest absolute Gasteiger partial charge is 0.161 e. The van der Waals surface area contributed by atoms with E-state index >= 15 is 0 Å². The van der Waals surface area contributed by atoms with Gasteiger partial charge in [-0.05, 0) is 63.0 Å². The molecule has 3 rings (SSSR count). The zero-order valence-electron chi connectivity index (χ0n) is 17.2. The van der Waals surface area contributed by atoms with Gasteiger partial charge in [-0.1, -0.05) is 26.3 Å².